The van der Waals surface area contributed by atoms with Crippen LogP contribution in [0.5, 0.6) is 0 Å². The van der Waals surface area contributed by atoms with E-state index >= 15 is 0 Å². The summed E-state index contributed by atoms with van der Waals surface area (Å²) in [7, 11) is 0. The molecule has 0 N–H and O–H groups in total. The van der Waals surface area contributed by atoms with Crippen LogP contribution in [-0.2, 0) is 6.42 Å². The zero-order valence-electron chi connectivity index (χ0n) is 10.5. The minimum absolute atomic E-state index is 1.03. The van der Waals surface area contributed by atoms with Gasteiger partial charge in [-0.3, -0.25) is 4.98 Å². The Morgan fingerprint density at radius 1 is 0.933 bits per heavy atom. The molecule has 1 heterocycles. The number of hydrogen-bond donors (Lipinski definition) is 0. The fourth-order valence-electron chi connectivity index (χ4n) is 1.28. The topological polar surface area (TPSA) is 12.9 Å². The molecule has 1 aromatic heterocycles. The van der Waals surface area contributed by atoms with E-state index in [1.54, 1.807) is 0 Å². The van der Waals surface area contributed by atoms with Gasteiger partial charge in [-0.05, 0) is 18.6 Å². The Bertz CT molecular complexity index is 202. The zero-order valence-corrected chi connectivity index (χ0v) is 10.5. The molecular formula is C14H25N. The highest BCUT2D eigenvalue weighted by Gasteiger charge is 1.81. The highest BCUT2D eigenvalue weighted by Crippen LogP contribution is 2.00. The number of rotatable bonds is 5. The number of nitrogens with zero attached hydrogens (tertiary/aromatic N) is 1. The molecule has 1 heteroatoms. The minimum atomic E-state index is 1.03. The molecular weight excluding hydrogens is 182 g/mol. The predicted molar refractivity (Wildman–Crippen MR) is 68.0 cm³/mol. The molecule has 0 amide bonds. The van der Waals surface area contributed by atoms with E-state index in [1.165, 1.54) is 32.1 Å². The van der Waals surface area contributed by atoms with E-state index < -0.39 is 0 Å². The molecule has 0 saturated carbocycles. The normalized spacial score (nSPS) is 9.27. The summed E-state index contributed by atoms with van der Waals surface area (Å²) in [6, 6.07) is 5.96. The third-order valence-electron chi connectivity index (χ3n) is 2.30. The average molecular weight is 207 g/mol. The van der Waals surface area contributed by atoms with Crippen LogP contribution < -0.4 is 0 Å². The maximum absolute atomic E-state index is 4.10. The lowest BCUT2D eigenvalue weighted by molar-refractivity contribution is 0.656. The Kier molecular flexibility index (Phi) is 10.6. The highest BCUT2D eigenvalue weighted by molar-refractivity contribution is 5.02. The van der Waals surface area contributed by atoms with Gasteiger partial charge in [-0.1, -0.05) is 58.9 Å². The largest absolute Gasteiger partial charge is 0.261 e. The Labute approximate surface area is 94.9 Å². The Balaban J connectivity index is 0.000000265. The van der Waals surface area contributed by atoms with E-state index in [4.69, 9.17) is 0 Å². The van der Waals surface area contributed by atoms with Crippen LogP contribution in [0, 0.1) is 0 Å². The van der Waals surface area contributed by atoms with Crippen LogP contribution >= 0.6 is 0 Å². The predicted octanol–water partition coefficient (Wildman–Crippen LogP) is 4.62. The van der Waals surface area contributed by atoms with E-state index in [2.05, 4.69) is 25.8 Å². The fraction of sp³-hybridized carbons (Fsp3) is 0.643. The van der Waals surface area contributed by atoms with Gasteiger partial charge < -0.3 is 0 Å². The molecule has 86 valence electrons. The summed E-state index contributed by atoms with van der Waals surface area (Å²) in [4.78, 5) is 4.10. The van der Waals surface area contributed by atoms with Gasteiger partial charge in [0.05, 0.1) is 0 Å². The van der Waals surface area contributed by atoms with E-state index in [-0.39, 0.29) is 0 Å². The summed E-state index contributed by atoms with van der Waals surface area (Å²) in [6.07, 6.45) is 9.86. The molecule has 0 aromatic carbocycles. The lowest BCUT2D eigenvalue weighted by Crippen LogP contribution is -1.81. The number of aromatic nitrogens is 1. The van der Waals surface area contributed by atoms with Gasteiger partial charge in [0.1, 0.15) is 0 Å². The van der Waals surface area contributed by atoms with Crippen molar-refractivity contribution in [2.24, 2.45) is 0 Å². The molecule has 0 aliphatic carbocycles. The van der Waals surface area contributed by atoms with Crippen molar-refractivity contribution in [3.63, 3.8) is 0 Å². The van der Waals surface area contributed by atoms with Crippen molar-refractivity contribution in [2.45, 2.75) is 59.3 Å². The van der Waals surface area contributed by atoms with Crippen molar-refractivity contribution in [3.05, 3.63) is 30.1 Å². The standard InChI is InChI=1S/C7H9N.C7H16/c1-2-7-5-3-4-6-8-7;1-3-5-7-6-4-2/h3-6H,2H2,1H3;3-7H2,1-2H3. The van der Waals surface area contributed by atoms with Gasteiger partial charge >= 0.3 is 0 Å². The average Bonchev–Trinajstić information content (AvgIpc) is 2.32. The van der Waals surface area contributed by atoms with Crippen molar-refractivity contribution >= 4 is 0 Å². The number of hydrogen-bond acceptors (Lipinski definition) is 1. The molecule has 1 nitrogen and oxygen atoms in total. The van der Waals surface area contributed by atoms with Crippen LogP contribution in [0.3, 0.4) is 0 Å². The summed E-state index contributed by atoms with van der Waals surface area (Å²) in [6.45, 7) is 6.59. The first-order chi connectivity index (χ1) is 7.35. The summed E-state index contributed by atoms with van der Waals surface area (Å²) in [5, 5.41) is 0. The fourth-order valence-corrected chi connectivity index (χ4v) is 1.28. The molecule has 0 atom stereocenters. The Morgan fingerprint density at radius 2 is 1.60 bits per heavy atom. The molecule has 1 rings (SSSR count). The minimum Gasteiger partial charge on any atom is -0.261 e. The monoisotopic (exact) mass is 207 g/mol. The third-order valence-corrected chi connectivity index (χ3v) is 2.30. The molecule has 0 aliphatic rings. The first-order valence-electron chi connectivity index (χ1n) is 6.25. The Hall–Kier alpha value is -0.850. The van der Waals surface area contributed by atoms with Gasteiger partial charge in [0.2, 0.25) is 0 Å². The summed E-state index contributed by atoms with van der Waals surface area (Å²) < 4.78 is 0. The zero-order chi connectivity index (χ0) is 11.4. The molecule has 0 fully saturated rings. The molecule has 0 saturated heterocycles. The van der Waals surface area contributed by atoms with E-state index in [0.717, 1.165) is 12.1 Å². The lowest BCUT2D eigenvalue weighted by atomic mass is 10.2. The van der Waals surface area contributed by atoms with Crippen molar-refractivity contribution in [1.29, 1.82) is 0 Å². The number of aryl methyl sites for hydroxylation is 1. The van der Waals surface area contributed by atoms with E-state index in [1.807, 2.05) is 24.4 Å². The SMILES string of the molecule is CCCCCCC.CCc1ccccn1. The molecule has 15 heavy (non-hydrogen) atoms. The smallest absolute Gasteiger partial charge is 0.0400 e. The maximum atomic E-state index is 4.10. The van der Waals surface area contributed by atoms with Crippen LogP contribution in [0.15, 0.2) is 24.4 Å². The third kappa shape index (κ3) is 9.45. The summed E-state index contributed by atoms with van der Waals surface area (Å²) >= 11 is 0. The molecule has 0 aliphatic heterocycles. The second-order valence-corrected chi connectivity index (χ2v) is 3.74. The lowest BCUT2D eigenvalue weighted by Gasteiger charge is -1.90. The molecule has 0 spiro atoms. The van der Waals surface area contributed by atoms with E-state index in [9.17, 15) is 0 Å². The molecule has 0 radical (unpaired) electrons. The van der Waals surface area contributed by atoms with Crippen molar-refractivity contribution in [3.8, 4) is 0 Å². The molecule has 1 aromatic rings. The van der Waals surface area contributed by atoms with E-state index in [0.29, 0.717) is 0 Å². The molecule has 0 unspecified atom stereocenters. The maximum Gasteiger partial charge on any atom is 0.0400 e. The van der Waals surface area contributed by atoms with Crippen LogP contribution in [0.1, 0.15) is 58.6 Å². The first kappa shape index (κ1) is 14.2. The van der Waals surface area contributed by atoms with Crippen LogP contribution in [0.2, 0.25) is 0 Å². The quantitative estimate of drug-likeness (QED) is 0.642. The van der Waals surface area contributed by atoms with Gasteiger partial charge in [0, 0.05) is 11.9 Å². The first-order valence-corrected chi connectivity index (χ1v) is 6.25. The number of unbranched alkanes of at least 4 members (excludes halogenated alkanes) is 4. The second kappa shape index (κ2) is 11.2. The van der Waals surface area contributed by atoms with Crippen molar-refractivity contribution in [1.82, 2.24) is 4.98 Å². The van der Waals surface area contributed by atoms with Gasteiger partial charge in [0.15, 0.2) is 0 Å². The van der Waals surface area contributed by atoms with Crippen LogP contribution in [0.4, 0.5) is 0 Å². The van der Waals surface area contributed by atoms with Gasteiger partial charge in [-0.25, -0.2) is 0 Å². The molecule has 0 bridgehead atoms. The highest BCUT2D eigenvalue weighted by atomic mass is 14.6. The summed E-state index contributed by atoms with van der Waals surface area (Å²) in [5.41, 5.74) is 1.16. The van der Waals surface area contributed by atoms with Gasteiger partial charge in [-0.15, -0.1) is 0 Å². The summed E-state index contributed by atoms with van der Waals surface area (Å²) in [5.74, 6) is 0. The van der Waals surface area contributed by atoms with Crippen LogP contribution in [0.25, 0.3) is 0 Å². The van der Waals surface area contributed by atoms with Gasteiger partial charge in [0.25, 0.3) is 0 Å². The number of pyridine rings is 1. The van der Waals surface area contributed by atoms with Crippen LogP contribution in [-0.4, -0.2) is 4.98 Å². The van der Waals surface area contributed by atoms with Gasteiger partial charge in [-0.2, -0.15) is 0 Å². The van der Waals surface area contributed by atoms with Crippen molar-refractivity contribution < 1.29 is 0 Å². The van der Waals surface area contributed by atoms with Crippen molar-refractivity contribution in [2.75, 3.05) is 0 Å². The second-order valence-electron chi connectivity index (χ2n) is 3.74. The Morgan fingerprint density at radius 3 is 1.93 bits per heavy atom.